The van der Waals surface area contributed by atoms with Gasteiger partial charge in [0, 0.05) is 12.6 Å². The Labute approximate surface area is 101 Å². The average molecular weight is 272 g/mol. The van der Waals surface area contributed by atoms with Crippen LogP contribution in [-0.2, 0) is 12.7 Å². The van der Waals surface area contributed by atoms with E-state index in [9.17, 15) is 22.0 Å². The fraction of sp³-hybridized carbons (Fsp3) is 0.700. The number of nitrogens with zero attached hydrogens (tertiary/aromatic N) is 2. The molecule has 0 saturated heterocycles. The quantitative estimate of drug-likeness (QED) is 0.742. The Hall–Kier alpha value is -1.34. The molecule has 1 aromatic rings. The first-order chi connectivity index (χ1) is 8.34. The van der Waals surface area contributed by atoms with E-state index < -0.39 is 24.9 Å². The van der Waals surface area contributed by atoms with Gasteiger partial charge in [-0.25, -0.2) is 13.5 Å². The largest absolute Gasteiger partial charge is 0.472 e. The standard InChI is InChI=1S/C10H13F5N2O/c1-2-3-4-17-9(18-6-8(11)12)5-7(16-17)10(13,14)15/h5,8H,2-4,6H2,1H3. The van der Waals surface area contributed by atoms with E-state index in [2.05, 4.69) is 9.84 Å². The Morgan fingerprint density at radius 3 is 2.56 bits per heavy atom. The van der Waals surface area contributed by atoms with E-state index in [1.165, 1.54) is 0 Å². The number of unbranched alkanes of at least 4 members (excludes halogenated alkanes) is 1. The summed E-state index contributed by atoms with van der Waals surface area (Å²) >= 11 is 0. The van der Waals surface area contributed by atoms with Crippen LogP contribution in [0.3, 0.4) is 0 Å². The molecule has 0 spiro atoms. The predicted octanol–water partition coefficient (Wildman–Crippen LogP) is 3.35. The molecule has 104 valence electrons. The molecule has 0 fully saturated rings. The molecule has 0 aromatic carbocycles. The van der Waals surface area contributed by atoms with Gasteiger partial charge < -0.3 is 4.74 Å². The molecule has 0 aliphatic heterocycles. The molecule has 1 aromatic heterocycles. The van der Waals surface area contributed by atoms with Crippen LogP contribution >= 0.6 is 0 Å². The molecule has 1 rings (SSSR count). The summed E-state index contributed by atoms with van der Waals surface area (Å²) < 4.78 is 66.8. The van der Waals surface area contributed by atoms with Gasteiger partial charge in [0.05, 0.1) is 0 Å². The third-order valence-electron chi connectivity index (χ3n) is 2.11. The van der Waals surface area contributed by atoms with Crippen LogP contribution in [0, 0.1) is 0 Å². The molecule has 3 nitrogen and oxygen atoms in total. The maximum atomic E-state index is 12.4. The summed E-state index contributed by atoms with van der Waals surface area (Å²) in [4.78, 5) is 0. The Morgan fingerprint density at radius 1 is 1.39 bits per heavy atom. The predicted molar refractivity (Wildman–Crippen MR) is 53.6 cm³/mol. The number of aromatic nitrogens is 2. The van der Waals surface area contributed by atoms with Crippen LogP contribution in [0.5, 0.6) is 5.88 Å². The second kappa shape index (κ2) is 6.01. The highest BCUT2D eigenvalue weighted by Gasteiger charge is 2.35. The molecule has 0 N–H and O–H groups in total. The number of rotatable bonds is 6. The van der Waals surface area contributed by atoms with Crippen LogP contribution in [0.4, 0.5) is 22.0 Å². The monoisotopic (exact) mass is 272 g/mol. The van der Waals surface area contributed by atoms with Gasteiger partial charge in [-0.15, -0.1) is 0 Å². The van der Waals surface area contributed by atoms with E-state index in [0.29, 0.717) is 12.5 Å². The van der Waals surface area contributed by atoms with Gasteiger partial charge in [0.25, 0.3) is 6.43 Å². The van der Waals surface area contributed by atoms with Crippen molar-refractivity contribution in [2.45, 2.75) is 38.9 Å². The van der Waals surface area contributed by atoms with Crippen LogP contribution in [-0.4, -0.2) is 22.8 Å². The van der Waals surface area contributed by atoms with Crippen LogP contribution in [0.1, 0.15) is 25.5 Å². The number of ether oxygens (including phenoxy) is 1. The smallest absolute Gasteiger partial charge is 0.435 e. The number of alkyl halides is 5. The zero-order valence-electron chi connectivity index (χ0n) is 9.68. The zero-order chi connectivity index (χ0) is 13.8. The summed E-state index contributed by atoms with van der Waals surface area (Å²) in [7, 11) is 0. The number of hydrogen-bond donors (Lipinski definition) is 0. The van der Waals surface area contributed by atoms with E-state index in [0.717, 1.165) is 11.1 Å². The Kier molecular flexibility index (Phi) is 4.92. The van der Waals surface area contributed by atoms with Crippen LogP contribution in [0.25, 0.3) is 0 Å². The van der Waals surface area contributed by atoms with Gasteiger partial charge in [-0.05, 0) is 6.42 Å². The van der Waals surface area contributed by atoms with Crippen molar-refractivity contribution in [2.75, 3.05) is 6.61 Å². The van der Waals surface area contributed by atoms with Crippen molar-refractivity contribution >= 4 is 0 Å². The van der Waals surface area contributed by atoms with Gasteiger partial charge in [0.1, 0.15) is 0 Å². The van der Waals surface area contributed by atoms with Crippen LogP contribution < -0.4 is 4.74 Å². The van der Waals surface area contributed by atoms with Gasteiger partial charge in [-0.2, -0.15) is 18.3 Å². The summed E-state index contributed by atoms with van der Waals surface area (Å²) in [5.41, 5.74) is -1.14. The van der Waals surface area contributed by atoms with Gasteiger partial charge in [0.2, 0.25) is 5.88 Å². The third-order valence-corrected chi connectivity index (χ3v) is 2.11. The molecule has 0 amide bonds. The lowest BCUT2D eigenvalue weighted by molar-refractivity contribution is -0.141. The summed E-state index contributed by atoms with van der Waals surface area (Å²) in [6.45, 7) is 1.11. The van der Waals surface area contributed by atoms with Gasteiger partial charge in [-0.1, -0.05) is 13.3 Å². The van der Waals surface area contributed by atoms with Gasteiger partial charge in [0.15, 0.2) is 12.3 Å². The van der Waals surface area contributed by atoms with E-state index in [4.69, 9.17) is 0 Å². The van der Waals surface area contributed by atoms with Gasteiger partial charge in [-0.3, -0.25) is 0 Å². The molecule has 0 aliphatic carbocycles. The first kappa shape index (κ1) is 14.7. The fourth-order valence-electron chi connectivity index (χ4n) is 1.27. The summed E-state index contributed by atoms with van der Waals surface area (Å²) in [5.74, 6) is -0.281. The van der Waals surface area contributed by atoms with E-state index in [1.54, 1.807) is 0 Å². The van der Waals surface area contributed by atoms with E-state index in [1.807, 2.05) is 6.92 Å². The highest BCUT2D eigenvalue weighted by Crippen LogP contribution is 2.31. The first-order valence-electron chi connectivity index (χ1n) is 5.40. The SMILES string of the molecule is CCCCn1nc(C(F)(F)F)cc1OCC(F)F. The van der Waals surface area contributed by atoms with Crippen LogP contribution in [0.2, 0.25) is 0 Å². The second-order valence-corrected chi connectivity index (χ2v) is 3.64. The lowest BCUT2D eigenvalue weighted by Crippen LogP contribution is -2.11. The highest BCUT2D eigenvalue weighted by molar-refractivity contribution is 5.18. The average Bonchev–Trinajstić information content (AvgIpc) is 2.66. The second-order valence-electron chi connectivity index (χ2n) is 3.64. The topological polar surface area (TPSA) is 27.1 Å². The Bertz CT molecular complexity index is 375. The maximum Gasteiger partial charge on any atom is 0.435 e. The summed E-state index contributed by atoms with van der Waals surface area (Å²) in [6, 6.07) is 0.637. The molecule has 0 unspecified atom stereocenters. The normalized spacial score (nSPS) is 12.2. The van der Waals surface area contributed by atoms with Crippen molar-refractivity contribution in [3.63, 3.8) is 0 Å². The number of halogens is 5. The molecule has 18 heavy (non-hydrogen) atoms. The molecular formula is C10H13F5N2O. The highest BCUT2D eigenvalue weighted by atomic mass is 19.4. The van der Waals surface area contributed by atoms with Crippen molar-refractivity contribution in [3.05, 3.63) is 11.8 Å². The van der Waals surface area contributed by atoms with Crippen molar-refractivity contribution < 1.29 is 26.7 Å². The van der Waals surface area contributed by atoms with E-state index >= 15 is 0 Å². The van der Waals surface area contributed by atoms with Crippen molar-refractivity contribution in [3.8, 4) is 5.88 Å². The lowest BCUT2D eigenvalue weighted by Gasteiger charge is -2.07. The summed E-state index contributed by atoms with van der Waals surface area (Å²) in [5, 5.41) is 3.32. The van der Waals surface area contributed by atoms with Crippen molar-refractivity contribution in [1.82, 2.24) is 9.78 Å². The molecular weight excluding hydrogens is 259 g/mol. The molecule has 0 radical (unpaired) electrons. The fourth-order valence-corrected chi connectivity index (χ4v) is 1.27. The van der Waals surface area contributed by atoms with Crippen molar-refractivity contribution in [1.29, 1.82) is 0 Å². The lowest BCUT2D eigenvalue weighted by atomic mass is 10.3. The maximum absolute atomic E-state index is 12.4. The molecule has 0 bridgehead atoms. The molecule has 0 saturated carbocycles. The minimum absolute atomic E-state index is 0.200. The summed E-state index contributed by atoms with van der Waals surface area (Å²) in [6.07, 6.45) is -6.02. The molecule has 8 heteroatoms. The zero-order valence-corrected chi connectivity index (χ0v) is 9.68. The minimum Gasteiger partial charge on any atom is -0.472 e. The first-order valence-corrected chi connectivity index (χ1v) is 5.40. The number of aryl methyl sites for hydroxylation is 1. The molecule has 0 aliphatic rings. The third kappa shape index (κ3) is 4.15. The Morgan fingerprint density at radius 2 is 2.06 bits per heavy atom. The van der Waals surface area contributed by atoms with Crippen molar-refractivity contribution in [2.24, 2.45) is 0 Å². The molecule has 0 atom stereocenters. The molecule has 1 heterocycles. The van der Waals surface area contributed by atoms with Crippen LogP contribution in [0.15, 0.2) is 6.07 Å². The minimum atomic E-state index is -4.61. The van der Waals surface area contributed by atoms with E-state index in [-0.39, 0.29) is 12.4 Å². The number of hydrogen-bond acceptors (Lipinski definition) is 2. The Balaban J connectivity index is 2.86. The van der Waals surface area contributed by atoms with Gasteiger partial charge >= 0.3 is 6.18 Å².